The van der Waals surface area contributed by atoms with Crippen LogP contribution in [-0.2, 0) is 12.8 Å². The quantitative estimate of drug-likeness (QED) is 0.103. The Morgan fingerprint density at radius 3 is 1.24 bits per heavy atom. The van der Waals surface area contributed by atoms with Gasteiger partial charge >= 0.3 is 0 Å². The SMILES string of the molecule is CCCCc1ccc2c(-c3ccc(C#Cc4ccc(-c5c(O)c(O)cc6cc(CCCC)ccc56)cc4)cc3)c(O)c(O)cc2c1. The molecule has 0 spiro atoms. The Kier molecular flexibility index (Phi) is 8.85. The van der Waals surface area contributed by atoms with Crippen LogP contribution in [0, 0.1) is 11.8 Å². The second kappa shape index (κ2) is 13.3. The minimum atomic E-state index is -0.133. The van der Waals surface area contributed by atoms with Crippen molar-refractivity contribution in [2.24, 2.45) is 0 Å². The standard InChI is InChI=1S/C42H38O4/c1-3-5-7-29-15-21-35-33(23-29)25-37(43)41(45)39(35)31-17-11-27(12-18-31)9-10-28-13-19-32(20-14-28)40-36-22-16-30(8-6-4-2)24-34(36)26-38(44)42(40)46/h11-26,43-46H,3-8H2,1-2H3. The van der Waals surface area contributed by atoms with Gasteiger partial charge in [0.25, 0.3) is 0 Å². The predicted molar refractivity (Wildman–Crippen MR) is 189 cm³/mol. The van der Waals surface area contributed by atoms with Crippen LogP contribution in [0.2, 0.25) is 0 Å². The third kappa shape index (κ3) is 6.23. The van der Waals surface area contributed by atoms with E-state index in [1.54, 1.807) is 12.1 Å². The summed E-state index contributed by atoms with van der Waals surface area (Å²) in [6.07, 6.45) is 6.40. The monoisotopic (exact) mass is 606 g/mol. The first-order valence-electron chi connectivity index (χ1n) is 16.0. The van der Waals surface area contributed by atoms with Crippen LogP contribution in [0.1, 0.15) is 61.8 Å². The van der Waals surface area contributed by atoms with Crippen LogP contribution in [-0.4, -0.2) is 20.4 Å². The van der Waals surface area contributed by atoms with Gasteiger partial charge < -0.3 is 20.4 Å². The summed E-state index contributed by atoms with van der Waals surface area (Å²) in [5.41, 5.74) is 6.86. The lowest BCUT2D eigenvalue weighted by Gasteiger charge is -2.13. The molecule has 0 amide bonds. The van der Waals surface area contributed by atoms with Gasteiger partial charge in [-0.3, -0.25) is 0 Å². The van der Waals surface area contributed by atoms with Crippen molar-refractivity contribution < 1.29 is 20.4 Å². The molecular formula is C42H38O4. The first-order chi connectivity index (χ1) is 22.4. The van der Waals surface area contributed by atoms with Gasteiger partial charge in [-0.2, -0.15) is 0 Å². The van der Waals surface area contributed by atoms with E-state index >= 15 is 0 Å². The number of fused-ring (bicyclic) bond motifs is 2. The lowest BCUT2D eigenvalue weighted by atomic mass is 9.93. The van der Waals surface area contributed by atoms with E-state index in [1.807, 2.05) is 60.7 Å². The second-order valence-electron chi connectivity index (χ2n) is 12.0. The summed E-state index contributed by atoms with van der Waals surface area (Å²) in [6.45, 7) is 4.34. The van der Waals surface area contributed by atoms with E-state index in [2.05, 4.69) is 50.0 Å². The van der Waals surface area contributed by atoms with Crippen LogP contribution < -0.4 is 0 Å². The zero-order valence-electron chi connectivity index (χ0n) is 26.3. The normalized spacial score (nSPS) is 11.1. The number of phenols is 4. The molecule has 230 valence electrons. The Balaban J connectivity index is 1.25. The highest BCUT2D eigenvalue weighted by atomic mass is 16.3. The van der Waals surface area contributed by atoms with E-state index < -0.39 is 0 Å². The van der Waals surface area contributed by atoms with Gasteiger partial charge in [-0.25, -0.2) is 0 Å². The Labute approximate surface area is 270 Å². The molecule has 6 aromatic carbocycles. The van der Waals surface area contributed by atoms with Crippen molar-refractivity contribution in [2.75, 3.05) is 0 Å². The average molecular weight is 607 g/mol. The molecule has 4 heteroatoms. The van der Waals surface area contributed by atoms with Crippen molar-refractivity contribution in [3.63, 3.8) is 0 Å². The van der Waals surface area contributed by atoms with Gasteiger partial charge in [-0.05, 0) is 106 Å². The van der Waals surface area contributed by atoms with Gasteiger partial charge in [0.15, 0.2) is 23.0 Å². The van der Waals surface area contributed by atoms with Crippen molar-refractivity contribution in [1.29, 1.82) is 0 Å². The molecule has 0 aliphatic carbocycles. The van der Waals surface area contributed by atoms with Crippen LogP contribution in [0.4, 0.5) is 0 Å². The molecule has 4 nitrogen and oxygen atoms in total. The number of unbranched alkanes of at least 4 members (excludes halogenated alkanes) is 2. The van der Waals surface area contributed by atoms with Gasteiger partial charge in [-0.15, -0.1) is 0 Å². The third-order valence-corrected chi connectivity index (χ3v) is 8.65. The Morgan fingerprint density at radius 1 is 0.478 bits per heavy atom. The molecule has 0 unspecified atom stereocenters. The van der Waals surface area contributed by atoms with E-state index in [1.165, 1.54) is 11.1 Å². The summed E-state index contributed by atoms with van der Waals surface area (Å²) in [7, 11) is 0. The maximum Gasteiger partial charge on any atom is 0.166 e. The Bertz CT molecular complexity index is 1950. The van der Waals surface area contributed by atoms with Crippen LogP contribution in [0.5, 0.6) is 23.0 Å². The minimum Gasteiger partial charge on any atom is -0.504 e. The van der Waals surface area contributed by atoms with E-state index in [9.17, 15) is 20.4 Å². The highest BCUT2D eigenvalue weighted by Crippen LogP contribution is 2.44. The van der Waals surface area contributed by atoms with E-state index in [4.69, 9.17) is 0 Å². The average Bonchev–Trinajstić information content (AvgIpc) is 3.07. The van der Waals surface area contributed by atoms with Crippen molar-refractivity contribution >= 4 is 21.5 Å². The molecular weight excluding hydrogens is 568 g/mol. The van der Waals surface area contributed by atoms with Gasteiger partial charge in [0, 0.05) is 22.3 Å². The largest absolute Gasteiger partial charge is 0.504 e. The molecule has 0 radical (unpaired) electrons. The number of aryl methyl sites for hydroxylation is 2. The van der Waals surface area contributed by atoms with Crippen molar-refractivity contribution in [3.05, 3.63) is 119 Å². The smallest absolute Gasteiger partial charge is 0.166 e. The molecule has 0 aliphatic heterocycles. The molecule has 0 saturated carbocycles. The molecule has 6 rings (SSSR count). The number of hydrogen-bond acceptors (Lipinski definition) is 4. The maximum atomic E-state index is 10.8. The Hall–Kier alpha value is -5.40. The van der Waals surface area contributed by atoms with Crippen LogP contribution >= 0.6 is 0 Å². The summed E-state index contributed by atoms with van der Waals surface area (Å²) in [5.74, 6) is 5.90. The lowest BCUT2D eigenvalue weighted by Crippen LogP contribution is -1.89. The highest BCUT2D eigenvalue weighted by molar-refractivity contribution is 6.02. The van der Waals surface area contributed by atoms with Gasteiger partial charge in [0.1, 0.15) is 0 Å². The lowest BCUT2D eigenvalue weighted by molar-refractivity contribution is 0.406. The fourth-order valence-electron chi connectivity index (χ4n) is 6.10. The maximum absolute atomic E-state index is 10.8. The summed E-state index contributed by atoms with van der Waals surface area (Å²) in [6, 6.07) is 31.0. The summed E-state index contributed by atoms with van der Waals surface area (Å²) >= 11 is 0. The topological polar surface area (TPSA) is 80.9 Å². The van der Waals surface area contributed by atoms with E-state index in [0.717, 1.165) is 82.3 Å². The van der Waals surface area contributed by atoms with Crippen molar-refractivity contribution in [1.82, 2.24) is 0 Å². The molecule has 0 fully saturated rings. The fraction of sp³-hybridized carbons (Fsp3) is 0.190. The second-order valence-corrected chi connectivity index (χ2v) is 12.0. The summed E-state index contributed by atoms with van der Waals surface area (Å²) < 4.78 is 0. The van der Waals surface area contributed by atoms with Gasteiger partial charge in [-0.1, -0.05) is 99.2 Å². The van der Waals surface area contributed by atoms with E-state index in [-0.39, 0.29) is 23.0 Å². The number of hydrogen-bond donors (Lipinski definition) is 4. The first-order valence-corrected chi connectivity index (χ1v) is 16.0. The molecule has 0 atom stereocenters. The fourth-order valence-corrected chi connectivity index (χ4v) is 6.10. The van der Waals surface area contributed by atoms with Gasteiger partial charge in [0.05, 0.1) is 0 Å². The highest BCUT2D eigenvalue weighted by Gasteiger charge is 2.16. The summed E-state index contributed by atoms with van der Waals surface area (Å²) in [5, 5.41) is 46.2. The van der Waals surface area contributed by atoms with E-state index in [0.29, 0.717) is 11.1 Å². The van der Waals surface area contributed by atoms with Crippen LogP contribution in [0.15, 0.2) is 97.1 Å². The summed E-state index contributed by atoms with van der Waals surface area (Å²) in [4.78, 5) is 0. The minimum absolute atomic E-state index is 0.129. The number of rotatable bonds is 8. The zero-order chi connectivity index (χ0) is 32.2. The molecule has 4 N–H and O–H groups in total. The van der Waals surface area contributed by atoms with Crippen molar-refractivity contribution in [3.8, 4) is 57.1 Å². The molecule has 46 heavy (non-hydrogen) atoms. The molecule has 6 aromatic rings. The van der Waals surface area contributed by atoms with Crippen LogP contribution in [0.3, 0.4) is 0 Å². The third-order valence-electron chi connectivity index (χ3n) is 8.65. The number of benzene rings is 6. The molecule has 0 aromatic heterocycles. The predicted octanol–water partition coefficient (Wildman–Crippen LogP) is 10.2. The first kappa shape index (κ1) is 30.6. The van der Waals surface area contributed by atoms with Crippen LogP contribution in [0.25, 0.3) is 43.8 Å². The number of aromatic hydroxyl groups is 4. The molecule has 0 saturated heterocycles. The van der Waals surface area contributed by atoms with Crippen molar-refractivity contribution in [2.45, 2.75) is 52.4 Å². The molecule has 0 heterocycles. The number of phenolic OH excluding ortho intramolecular Hbond substituents is 4. The zero-order valence-corrected chi connectivity index (χ0v) is 26.3. The Morgan fingerprint density at radius 2 is 0.870 bits per heavy atom. The van der Waals surface area contributed by atoms with Gasteiger partial charge in [0.2, 0.25) is 0 Å². The molecule has 0 aliphatic rings. The molecule has 0 bridgehead atoms.